The summed E-state index contributed by atoms with van der Waals surface area (Å²) in [4.78, 5) is 20.8. The summed E-state index contributed by atoms with van der Waals surface area (Å²) >= 11 is 0. The van der Waals surface area contributed by atoms with Crippen LogP contribution in [0, 0.1) is 29.1 Å². The van der Waals surface area contributed by atoms with Crippen molar-refractivity contribution < 1.29 is 50.5 Å². The highest BCUT2D eigenvalue weighted by atomic mass is 19.3. The van der Waals surface area contributed by atoms with E-state index in [4.69, 9.17) is 21.7 Å². The summed E-state index contributed by atoms with van der Waals surface area (Å²) in [7, 11) is 0. The van der Waals surface area contributed by atoms with E-state index >= 15 is 0 Å². The van der Waals surface area contributed by atoms with Crippen molar-refractivity contribution >= 4 is 11.9 Å². The molecule has 190 valence electrons. The van der Waals surface area contributed by atoms with E-state index < -0.39 is 71.5 Å². The average Bonchev–Trinajstić information content (AvgIpc) is 2.81. The molecule has 6 N–H and O–H groups in total. The maximum absolute atomic E-state index is 13.1. The van der Waals surface area contributed by atoms with Gasteiger partial charge in [0.05, 0.1) is 0 Å². The highest BCUT2D eigenvalue weighted by Gasteiger charge is 2.28. The van der Waals surface area contributed by atoms with Crippen LogP contribution in [0.4, 0.5) is 30.7 Å². The molecule has 0 aromatic heterocycles. The molecule has 0 saturated heterocycles. The molecule has 0 aliphatic heterocycles. The summed E-state index contributed by atoms with van der Waals surface area (Å²) in [6.07, 6.45) is -3.37. The first-order valence-electron chi connectivity index (χ1n) is 9.61. The molecule has 0 heterocycles. The van der Waals surface area contributed by atoms with Crippen molar-refractivity contribution in [2.75, 3.05) is 0 Å². The predicted octanol–water partition coefficient (Wildman–Crippen LogP) is 3.94. The molecule has 2 atom stereocenters. The third-order valence-corrected chi connectivity index (χ3v) is 4.05. The van der Waals surface area contributed by atoms with Crippen molar-refractivity contribution in [1.82, 2.24) is 0 Å². The monoisotopic (exact) mass is 500 g/mol. The highest BCUT2D eigenvalue weighted by Crippen LogP contribution is 2.24. The summed E-state index contributed by atoms with van der Waals surface area (Å²) in [5, 5.41) is 16.9. The standard InChI is InChI=1S/C10H11F2NO2.C9H6F5NO2.C2H6/c11-9(12)7-3-1-6(2-4-7)5-8(13)10(14)15;10-4-2(1-3(15)9(16)17)5(11)7(13)8(14)6(4)12;1-2/h1-4,8-9H,5,13H2,(H,14,15);3H,1,15H2,(H,16,17);1-2H3/t8-;3-;/m00./s1. The summed E-state index contributed by atoms with van der Waals surface area (Å²) in [6, 6.07) is 2.71. The fourth-order valence-corrected chi connectivity index (χ4v) is 2.28. The molecule has 13 heteroatoms. The van der Waals surface area contributed by atoms with E-state index in [0.717, 1.165) is 0 Å². The summed E-state index contributed by atoms with van der Waals surface area (Å²) in [5.74, 6) is -13.4. The van der Waals surface area contributed by atoms with E-state index in [0.29, 0.717) is 5.56 Å². The highest BCUT2D eigenvalue weighted by molar-refractivity contribution is 5.74. The molecule has 0 radical (unpaired) electrons. The minimum Gasteiger partial charge on any atom is -0.480 e. The van der Waals surface area contributed by atoms with E-state index in [1.807, 2.05) is 13.8 Å². The van der Waals surface area contributed by atoms with Crippen LogP contribution in [-0.2, 0) is 22.4 Å². The Balaban J connectivity index is 0.000000601. The molecule has 0 spiro atoms. The Kier molecular flexibility index (Phi) is 12.8. The van der Waals surface area contributed by atoms with Gasteiger partial charge in [0, 0.05) is 17.5 Å². The van der Waals surface area contributed by atoms with E-state index in [-0.39, 0.29) is 12.0 Å². The van der Waals surface area contributed by atoms with Crippen LogP contribution in [0.3, 0.4) is 0 Å². The van der Waals surface area contributed by atoms with Gasteiger partial charge in [-0.1, -0.05) is 38.1 Å². The lowest BCUT2D eigenvalue weighted by Gasteiger charge is -2.10. The first-order valence-corrected chi connectivity index (χ1v) is 9.61. The summed E-state index contributed by atoms with van der Waals surface area (Å²) in [6.45, 7) is 4.00. The lowest BCUT2D eigenvalue weighted by molar-refractivity contribution is -0.139. The summed E-state index contributed by atoms with van der Waals surface area (Å²) < 4.78 is 88.5. The molecule has 34 heavy (non-hydrogen) atoms. The number of carboxylic acid groups (broad SMARTS) is 2. The van der Waals surface area contributed by atoms with Gasteiger partial charge in [-0.25, -0.2) is 30.7 Å². The zero-order valence-corrected chi connectivity index (χ0v) is 18.0. The van der Waals surface area contributed by atoms with Gasteiger partial charge in [-0.2, -0.15) is 0 Å². The number of nitrogens with two attached hydrogens (primary N) is 2. The van der Waals surface area contributed by atoms with Gasteiger partial charge in [-0.05, 0) is 12.0 Å². The number of benzene rings is 2. The number of carbonyl (C=O) groups is 2. The minimum atomic E-state index is -2.51. The second kappa shape index (κ2) is 14.2. The molecule has 0 aliphatic carbocycles. The van der Waals surface area contributed by atoms with Gasteiger partial charge in [-0.15, -0.1) is 0 Å². The second-order valence-electron chi connectivity index (χ2n) is 6.39. The van der Waals surface area contributed by atoms with Crippen LogP contribution in [0.5, 0.6) is 0 Å². The van der Waals surface area contributed by atoms with Gasteiger partial charge in [0.15, 0.2) is 23.3 Å². The van der Waals surface area contributed by atoms with Crippen molar-refractivity contribution in [3.05, 3.63) is 70.0 Å². The predicted molar refractivity (Wildman–Crippen MR) is 108 cm³/mol. The first kappa shape index (κ1) is 30.8. The molecule has 0 unspecified atom stereocenters. The van der Waals surface area contributed by atoms with Crippen LogP contribution in [0.25, 0.3) is 0 Å². The number of hydrogen-bond acceptors (Lipinski definition) is 4. The van der Waals surface area contributed by atoms with Crippen molar-refractivity contribution in [3.8, 4) is 0 Å². The fourth-order valence-electron chi connectivity index (χ4n) is 2.28. The molecular weight excluding hydrogens is 477 g/mol. The molecule has 6 nitrogen and oxygen atoms in total. The smallest absolute Gasteiger partial charge is 0.320 e. The van der Waals surface area contributed by atoms with Crippen LogP contribution in [0.1, 0.15) is 37.0 Å². The Morgan fingerprint density at radius 1 is 0.735 bits per heavy atom. The zero-order chi connectivity index (χ0) is 26.7. The largest absolute Gasteiger partial charge is 0.480 e. The number of hydrogen-bond donors (Lipinski definition) is 4. The Bertz CT molecular complexity index is 944. The van der Waals surface area contributed by atoms with Crippen molar-refractivity contribution in [1.29, 1.82) is 0 Å². The van der Waals surface area contributed by atoms with Crippen LogP contribution in [0.2, 0.25) is 0 Å². The Hall–Kier alpha value is -3.19. The second-order valence-corrected chi connectivity index (χ2v) is 6.39. The van der Waals surface area contributed by atoms with Crippen molar-refractivity contribution in [3.63, 3.8) is 0 Å². The average molecular weight is 500 g/mol. The van der Waals surface area contributed by atoms with Crippen molar-refractivity contribution in [2.24, 2.45) is 11.5 Å². The lowest BCUT2D eigenvalue weighted by Crippen LogP contribution is -2.33. The van der Waals surface area contributed by atoms with Crippen molar-refractivity contribution in [2.45, 2.75) is 45.2 Å². The van der Waals surface area contributed by atoms with E-state index in [1.54, 1.807) is 0 Å². The molecule has 2 aromatic carbocycles. The molecular formula is C21H23F7N2O4. The van der Waals surface area contributed by atoms with Crippen LogP contribution in [-0.4, -0.2) is 34.2 Å². The number of alkyl halides is 2. The van der Waals surface area contributed by atoms with Gasteiger partial charge in [0.2, 0.25) is 5.82 Å². The van der Waals surface area contributed by atoms with Gasteiger partial charge >= 0.3 is 11.9 Å². The van der Waals surface area contributed by atoms with E-state index in [9.17, 15) is 40.3 Å². The molecule has 0 saturated carbocycles. The lowest BCUT2D eigenvalue weighted by atomic mass is 10.0. The third kappa shape index (κ3) is 8.63. The Morgan fingerprint density at radius 2 is 1.09 bits per heavy atom. The van der Waals surface area contributed by atoms with E-state index in [1.165, 1.54) is 24.3 Å². The maximum Gasteiger partial charge on any atom is 0.320 e. The molecule has 2 aromatic rings. The minimum absolute atomic E-state index is 0.0809. The van der Waals surface area contributed by atoms with Crippen LogP contribution >= 0.6 is 0 Å². The SMILES string of the molecule is CC.N[C@@H](Cc1c(F)c(F)c(F)c(F)c1F)C(=O)O.N[C@@H](Cc1ccc(C(F)F)cc1)C(=O)O. The number of halogens is 7. The van der Waals surface area contributed by atoms with Crippen LogP contribution < -0.4 is 11.5 Å². The normalized spacial score (nSPS) is 12.1. The van der Waals surface area contributed by atoms with Gasteiger partial charge in [-0.3, -0.25) is 9.59 Å². The van der Waals surface area contributed by atoms with Gasteiger partial charge in [0.1, 0.15) is 12.1 Å². The maximum atomic E-state index is 13.1. The topological polar surface area (TPSA) is 127 Å². The molecule has 0 aliphatic rings. The number of aliphatic carboxylic acids is 2. The molecule has 2 rings (SSSR count). The Labute approximate surface area is 190 Å². The third-order valence-electron chi connectivity index (χ3n) is 4.05. The van der Waals surface area contributed by atoms with Gasteiger partial charge in [0.25, 0.3) is 6.43 Å². The number of rotatable bonds is 7. The zero-order valence-electron chi connectivity index (χ0n) is 18.0. The van der Waals surface area contributed by atoms with Crippen LogP contribution in [0.15, 0.2) is 24.3 Å². The Morgan fingerprint density at radius 3 is 1.44 bits per heavy atom. The quantitative estimate of drug-likeness (QED) is 0.259. The van der Waals surface area contributed by atoms with Gasteiger partial charge < -0.3 is 21.7 Å². The van der Waals surface area contributed by atoms with E-state index in [2.05, 4.69) is 0 Å². The molecule has 0 amide bonds. The summed E-state index contributed by atoms with van der Waals surface area (Å²) in [5.41, 5.74) is 9.56. The number of carboxylic acids is 2. The first-order chi connectivity index (χ1) is 15.8. The molecule has 0 bridgehead atoms. The molecule has 0 fully saturated rings. The fraction of sp³-hybridized carbons (Fsp3) is 0.333.